The number of benzene rings is 1. The second-order valence-electron chi connectivity index (χ2n) is 5.72. The summed E-state index contributed by atoms with van der Waals surface area (Å²) in [4.78, 5) is 14.7. The van der Waals surface area contributed by atoms with E-state index in [4.69, 9.17) is 16.7 Å². The molecule has 0 atom stereocenters. The summed E-state index contributed by atoms with van der Waals surface area (Å²) in [5, 5.41) is 16.2. The number of carbonyl (C=O) groups is 1. The van der Waals surface area contributed by atoms with Gasteiger partial charge in [0, 0.05) is 12.5 Å². The molecule has 0 radical (unpaired) electrons. The predicted molar refractivity (Wildman–Crippen MR) is 99.5 cm³/mol. The van der Waals surface area contributed by atoms with Crippen molar-refractivity contribution < 1.29 is 27.1 Å². The number of carboxylic acid groups (broad SMARTS) is 1. The van der Waals surface area contributed by atoms with E-state index in [1.807, 2.05) is 0 Å². The minimum Gasteiger partial charge on any atom is -0.476 e. The molecule has 0 bridgehead atoms. The van der Waals surface area contributed by atoms with E-state index in [-0.39, 0.29) is 27.1 Å². The molecule has 12 heteroatoms. The van der Waals surface area contributed by atoms with E-state index in [2.05, 4.69) is 15.2 Å². The summed E-state index contributed by atoms with van der Waals surface area (Å²) >= 11 is 6.15. The fourth-order valence-electron chi connectivity index (χ4n) is 2.38. The van der Waals surface area contributed by atoms with Crippen molar-refractivity contribution in [2.24, 2.45) is 0 Å². The number of para-hydroxylation sites is 1. The highest BCUT2D eigenvalue weighted by molar-refractivity contribution is 7.90. The van der Waals surface area contributed by atoms with Crippen molar-refractivity contribution in [1.82, 2.24) is 19.7 Å². The molecule has 8 nitrogen and oxygen atoms in total. The van der Waals surface area contributed by atoms with Gasteiger partial charge in [0.25, 0.3) is 0 Å². The van der Waals surface area contributed by atoms with Gasteiger partial charge in [-0.3, -0.25) is 9.55 Å². The molecule has 1 aromatic carbocycles. The van der Waals surface area contributed by atoms with E-state index >= 15 is 0 Å². The molecule has 0 saturated heterocycles. The molecule has 2 aromatic heterocycles. The number of aromatic nitrogens is 4. The summed E-state index contributed by atoms with van der Waals surface area (Å²) < 4.78 is 52.4. The second-order valence-corrected chi connectivity index (χ2v) is 8.14. The third kappa shape index (κ3) is 4.00. The van der Waals surface area contributed by atoms with E-state index in [0.717, 1.165) is 17.0 Å². The Morgan fingerprint density at radius 3 is 2.38 bits per heavy atom. The maximum Gasteiger partial charge on any atom is 0.368 e. The zero-order valence-corrected chi connectivity index (χ0v) is 16.1. The van der Waals surface area contributed by atoms with Crippen LogP contribution < -0.4 is 0 Å². The highest BCUT2D eigenvalue weighted by Crippen LogP contribution is 2.31. The molecule has 150 valence electrons. The molecule has 0 unspecified atom stereocenters. The van der Waals surface area contributed by atoms with Crippen LogP contribution in [0, 0.1) is 0 Å². The van der Waals surface area contributed by atoms with E-state index in [1.54, 1.807) is 12.1 Å². The van der Waals surface area contributed by atoms with Crippen LogP contribution in [-0.4, -0.2) is 45.5 Å². The maximum atomic E-state index is 14.5. The first kappa shape index (κ1) is 20.6. The van der Waals surface area contributed by atoms with Crippen molar-refractivity contribution in [2.45, 2.75) is 4.90 Å². The Kier molecular flexibility index (Phi) is 5.44. The standard InChI is InChI=1S/C17H11ClF2N4O4S/c1-29(27,28)9-6-7-11(21-8-9)15-22-23-16(13(19)14(20)17(25)26)24(15)12-5-3-2-4-10(12)18/h2-8H,1H3,(H,25,26)/b14-13+. The minimum atomic E-state index is -3.51. The molecule has 0 fully saturated rings. The van der Waals surface area contributed by atoms with Gasteiger partial charge in [-0.1, -0.05) is 23.7 Å². The highest BCUT2D eigenvalue weighted by atomic mass is 35.5. The van der Waals surface area contributed by atoms with Crippen molar-refractivity contribution in [3.05, 3.63) is 59.3 Å². The minimum absolute atomic E-state index is 0.0618. The number of sulfone groups is 1. The van der Waals surface area contributed by atoms with Crippen molar-refractivity contribution >= 4 is 33.2 Å². The Morgan fingerprint density at radius 1 is 1.14 bits per heavy atom. The number of rotatable bonds is 5. The van der Waals surface area contributed by atoms with Gasteiger partial charge in [-0.15, -0.1) is 10.2 Å². The van der Waals surface area contributed by atoms with Gasteiger partial charge >= 0.3 is 5.97 Å². The van der Waals surface area contributed by atoms with Crippen LogP contribution in [0.1, 0.15) is 5.82 Å². The quantitative estimate of drug-likeness (QED) is 0.606. The molecule has 0 spiro atoms. The Hall–Kier alpha value is -3.18. The van der Waals surface area contributed by atoms with E-state index in [0.29, 0.717) is 0 Å². The van der Waals surface area contributed by atoms with E-state index < -0.39 is 33.3 Å². The monoisotopic (exact) mass is 440 g/mol. The largest absolute Gasteiger partial charge is 0.476 e. The summed E-state index contributed by atoms with van der Waals surface area (Å²) in [5.74, 6) is -6.79. The topological polar surface area (TPSA) is 115 Å². The molecule has 3 rings (SSSR count). The third-order valence-electron chi connectivity index (χ3n) is 3.73. The predicted octanol–water partition coefficient (Wildman–Crippen LogP) is 3.08. The number of nitrogens with zero attached hydrogens (tertiary/aromatic N) is 4. The van der Waals surface area contributed by atoms with Gasteiger partial charge < -0.3 is 5.11 Å². The molecule has 0 amide bonds. The Bertz CT molecular complexity index is 1240. The number of pyridine rings is 1. The normalized spacial score (nSPS) is 12.6. The third-order valence-corrected chi connectivity index (χ3v) is 5.14. The summed E-state index contributed by atoms with van der Waals surface area (Å²) in [7, 11) is -3.51. The van der Waals surface area contributed by atoms with Crippen LogP contribution in [0.5, 0.6) is 0 Å². The van der Waals surface area contributed by atoms with Crippen LogP contribution >= 0.6 is 11.6 Å². The lowest BCUT2D eigenvalue weighted by Gasteiger charge is -2.11. The highest BCUT2D eigenvalue weighted by Gasteiger charge is 2.26. The SMILES string of the molecule is CS(=O)(=O)c1ccc(-c2nnc(/C(F)=C(\F)C(=O)O)n2-c2ccccc2Cl)nc1. The first-order valence-electron chi connectivity index (χ1n) is 7.77. The summed E-state index contributed by atoms with van der Waals surface area (Å²) in [6, 6.07) is 8.64. The van der Waals surface area contributed by atoms with Gasteiger partial charge in [-0.2, -0.15) is 8.78 Å². The van der Waals surface area contributed by atoms with Crippen LogP contribution in [0.4, 0.5) is 8.78 Å². The fourth-order valence-corrected chi connectivity index (χ4v) is 3.16. The van der Waals surface area contributed by atoms with E-state index in [1.165, 1.54) is 24.3 Å². The van der Waals surface area contributed by atoms with Gasteiger partial charge in [-0.25, -0.2) is 13.2 Å². The zero-order valence-electron chi connectivity index (χ0n) is 14.5. The number of carboxylic acids is 1. The molecule has 0 saturated carbocycles. The van der Waals surface area contributed by atoms with Crippen LogP contribution in [0.3, 0.4) is 0 Å². The van der Waals surface area contributed by atoms with Crippen molar-refractivity contribution in [2.75, 3.05) is 6.26 Å². The van der Waals surface area contributed by atoms with Crippen LogP contribution in [0.25, 0.3) is 23.0 Å². The lowest BCUT2D eigenvalue weighted by molar-refractivity contribution is -0.134. The molecule has 2 heterocycles. The van der Waals surface area contributed by atoms with Crippen molar-refractivity contribution in [1.29, 1.82) is 0 Å². The lowest BCUT2D eigenvalue weighted by Crippen LogP contribution is -2.06. The molecular weight excluding hydrogens is 430 g/mol. The Morgan fingerprint density at radius 2 is 1.83 bits per heavy atom. The lowest BCUT2D eigenvalue weighted by atomic mass is 10.2. The smallest absolute Gasteiger partial charge is 0.368 e. The Balaban J connectivity index is 2.28. The Labute approximate surface area is 168 Å². The number of aliphatic carboxylic acids is 1. The molecule has 1 N–H and O–H groups in total. The van der Waals surface area contributed by atoms with Gasteiger partial charge in [0.15, 0.2) is 15.7 Å². The summed E-state index contributed by atoms with van der Waals surface area (Å²) in [6.07, 6.45) is 2.07. The molecule has 29 heavy (non-hydrogen) atoms. The molecule has 3 aromatic rings. The first-order chi connectivity index (χ1) is 13.6. The zero-order chi connectivity index (χ0) is 21.3. The van der Waals surface area contributed by atoms with E-state index in [9.17, 15) is 22.0 Å². The molecular formula is C17H11ClF2N4O4S. The second kappa shape index (κ2) is 7.68. The van der Waals surface area contributed by atoms with Gasteiger partial charge in [0.2, 0.25) is 17.5 Å². The average molecular weight is 441 g/mol. The first-order valence-corrected chi connectivity index (χ1v) is 10.0. The fraction of sp³-hybridized carbons (Fsp3) is 0.0588. The van der Waals surface area contributed by atoms with Crippen LogP contribution in [0.2, 0.25) is 5.02 Å². The van der Waals surface area contributed by atoms with Crippen LogP contribution in [-0.2, 0) is 14.6 Å². The molecule has 0 aliphatic heterocycles. The molecule has 0 aliphatic rings. The van der Waals surface area contributed by atoms with Crippen molar-refractivity contribution in [3.8, 4) is 17.2 Å². The number of hydrogen-bond acceptors (Lipinski definition) is 6. The van der Waals surface area contributed by atoms with Gasteiger partial charge in [-0.05, 0) is 24.3 Å². The summed E-state index contributed by atoms with van der Waals surface area (Å²) in [5.41, 5.74) is 0.200. The number of hydrogen-bond donors (Lipinski definition) is 1. The maximum absolute atomic E-state index is 14.5. The summed E-state index contributed by atoms with van der Waals surface area (Å²) in [6.45, 7) is 0. The van der Waals surface area contributed by atoms with Crippen LogP contribution in [0.15, 0.2) is 53.3 Å². The van der Waals surface area contributed by atoms with Gasteiger partial charge in [0.05, 0.1) is 15.6 Å². The van der Waals surface area contributed by atoms with Gasteiger partial charge in [0.1, 0.15) is 5.69 Å². The van der Waals surface area contributed by atoms with Crippen molar-refractivity contribution in [3.63, 3.8) is 0 Å². The average Bonchev–Trinajstić information content (AvgIpc) is 3.11. The number of halogens is 3. The molecule has 0 aliphatic carbocycles.